The topological polar surface area (TPSA) is 64.7 Å². The van der Waals surface area contributed by atoms with Crippen LogP contribution in [0.5, 0.6) is 0 Å². The lowest BCUT2D eigenvalue weighted by Crippen LogP contribution is -2.34. The van der Waals surface area contributed by atoms with E-state index < -0.39 is 0 Å². The molecule has 2 N–H and O–H groups in total. The lowest BCUT2D eigenvalue weighted by atomic mass is 10.0. The fraction of sp³-hybridized carbons (Fsp3) is 0.462. The lowest BCUT2D eigenvalue weighted by molar-refractivity contribution is -0.119. The summed E-state index contributed by atoms with van der Waals surface area (Å²) in [7, 11) is 2.20. The maximum Gasteiger partial charge on any atom is 0.255 e. The number of likely N-dealkylation sites (N-methyl/N-ethyl adjacent to an activating group) is 1. The Labute approximate surface area is 190 Å². The van der Waals surface area contributed by atoms with Crippen LogP contribution in [0.1, 0.15) is 42.5 Å². The van der Waals surface area contributed by atoms with Gasteiger partial charge in [-0.15, -0.1) is 0 Å². The summed E-state index contributed by atoms with van der Waals surface area (Å²) in [5.41, 5.74) is 3.33. The number of benzene rings is 2. The minimum absolute atomic E-state index is 0.0911. The van der Waals surface area contributed by atoms with Crippen molar-refractivity contribution in [2.24, 2.45) is 11.8 Å². The van der Waals surface area contributed by atoms with Crippen molar-refractivity contribution in [3.8, 4) is 0 Å². The third kappa shape index (κ3) is 4.37. The summed E-state index contributed by atoms with van der Waals surface area (Å²) < 4.78 is 0. The van der Waals surface area contributed by atoms with Crippen LogP contribution < -0.4 is 15.5 Å². The first-order chi connectivity index (χ1) is 15.6. The smallest absolute Gasteiger partial charge is 0.255 e. The molecule has 2 aliphatic heterocycles. The summed E-state index contributed by atoms with van der Waals surface area (Å²) in [5.74, 6) is 0.839. The van der Waals surface area contributed by atoms with Crippen molar-refractivity contribution < 1.29 is 9.59 Å². The highest BCUT2D eigenvalue weighted by molar-refractivity contribution is 6.04. The molecule has 6 nitrogen and oxygen atoms in total. The molecule has 2 saturated heterocycles. The van der Waals surface area contributed by atoms with Gasteiger partial charge in [-0.1, -0.05) is 12.8 Å². The zero-order valence-corrected chi connectivity index (χ0v) is 18.7. The van der Waals surface area contributed by atoms with Crippen molar-refractivity contribution in [1.82, 2.24) is 4.90 Å². The standard InChI is InChI=1S/C26H32N4O2/c1-29-16-20-14-15-30(24(20)17-29)23-12-10-22(11-13-23)28-26(32)19-6-8-21(9-7-19)27-25(31)18-4-2-3-5-18/h6-13,18,20,24H,2-5,14-17H2,1H3,(H,27,31)(H,28,32)/t20-,24+/m1/s1. The average molecular weight is 433 g/mol. The summed E-state index contributed by atoms with van der Waals surface area (Å²) in [6, 6.07) is 15.9. The van der Waals surface area contributed by atoms with Crippen LogP contribution in [0.25, 0.3) is 0 Å². The van der Waals surface area contributed by atoms with Gasteiger partial charge in [-0.3, -0.25) is 9.59 Å². The molecule has 6 heteroatoms. The van der Waals surface area contributed by atoms with Crippen LogP contribution in [0.15, 0.2) is 48.5 Å². The van der Waals surface area contributed by atoms with Gasteiger partial charge in [-0.25, -0.2) is 0 Å². The van der Waals surface area contributed by atoms with Gasteiger partial charge in [0, 0.05) is 54.2 Å². The van der Waals surface area contributed by atoms with E-state index in [0.717, 1.165) is 56.1 Å². The number of rotatable bonds is 5. The summed E-state index contributed by atoms with van der Waals surface area (Å²) in [6.45, 7) is 3.43. The average Bonchev–Trinajstić information content (AvgIpc) is 3.52. The Morgan fingerprint density at radius 3 is 2.22 bits per heavy atom. The fourth-order valence-electron chi connectivity index (χ4n) is 5.57. The SMILES string of the molecule is CN1C[C@H]2CCN(c3ccc(NC(=O)c4ccc(NC(=O)C5CCCC5)cc4)cc3)[C@H]2C1. The van der Waals surface area contributed by atoms with Gasteiger partial charge < -0.3 is 20.4 Å². The molecule has 168 valence electrons. The number of nitrogens with zero attached hydrogens (tertiary/aromatic N) is 2. The highest BCUT2D eigenvalue weighted by atomic mass is 16.2. The molecular formula is C26H32N4O2. The Balaban J connectivity index is 1.17. The Kier molecular flexibility index (Phi) is 5.87. The third-order valence-electron chi connectivity index (χ3n) is 7.33. The molecule has 0 bridgehead atoms. The van der Waals surface area contributed by atoms with Gasteiger partial charge in [0.15, 0.2) is 0 Å². The molecule has 2 aromatic carbocycles. The Hall–Kier alpha value is -2.86. The second kappa shape index (κ2) is 8.94. The largest absolute Gasteiger partial charge is 0.367 e. The monoisotopic (exact) mass is 432 g/mol. The van der Waals surface area contributed by atoms with Crippen LogP contribution in [0.2, 0.25) is 0 Å². The molecule has 1 aliphatic carbocycles. The van der Waals surface area contributed by atoms with Crippen molar-refractivity contribution in [1.29, 1.82) is 0 Å². The maximum absolute atomic E-state index is 12.7. The summed E-state index contributed by atoms with van der Waals surface area (Å²) >= 11 is 0. The minimum atomic E-state index is -0.148. The molecule has 1 saturated carbocycles. The van der Waals surface area contributed by atoms with Gasteiger partial charge in [0.25, 0.3) is 5.91 Å². The highest BCUT2D eigenvalue weighted by Crippen LogP contribution is 2.35. The van der Waals surface area contributed by atoms with E-state index >= 15 is 0 Å². The second-order valence-corrected chi connectivity index (χ2v) is 9.58. The summed E-state index contributed by atoms with van der Waals surface area (Å²) in [4.78, 5) is 29.9. The number of carbonyl (C=O) groups excluding carboxylic acids is 2. The predicted molar refractivity (Wildman–Crippen MR) is 128 cm³/mol. The van der Waals surface area contributed by atoms with E-state index in [-0.39, 0.29) is 17.7 Å². The third-order valence-corrected chi connectivity index (χ3v) is 7.33. The quantitative estimate of drug-likeness (QED) is 0.743. The second-order valence-electron chi connectivity index (χ2n) is 9.58. The number of carbonyl (C=O) groups is 2. The van der Waals surface area contributed by atoms with Crippen LogP contribution in [-0.4, -0.2) is 49.4 Å². The molecule has 2 heterocycles. The van der Waals surface area contributed by atoms with E-state index in [1.165, 1.54) is 18.7 Å². The zero-order chi connectivity index (χ0) is 22.1. The van der Waals surface area contributed by atoms with E-state index in [2.05, 4.69) is 39.6 Å². The molecule has 0 aromatic heterocycles. The summed E-state index contributed by atoms with van der Waals surface area (Å²) in [6.07, 6.45) is 5.47. The van der Waals surface area contributed by atoms with E-state index in [1.54, 1.807) is 24.3 Å². The molecule has 0 unspecified atom stereocenters. The number of hydrogen-bond donors (Lipinski definition) is 2. The van der Waals surface area contributed by atoms with E-state index in [0.29, 0.717) is 11.6 Å². The van der Waals surface area contributed by atoms with Crippen LogP contribution >= 0.6 is 0 Å². The van der Waals surface area contributed by atoms with Crippen LogP contribution in [0.4, 0.5) is 17.1 Å². The maximum atomic E-state index is 12.7. The van der Waals surface area contributed by atoms with E-state index in [4.69, 9.17) is 0 Å². The van der Waals surface area contributed by atoms with Crippen molar-refractivity contribution >= 4 is 28.9 Å². The predicted octanol–water partition coefficient (Wildman–Crippen LogP) is 4.21. The fourth-order valence-corrected chi connectivity index (χ4v) is 5.57. The Bertz CT molecular complexity index is 966. The molecule has 3 fully saturated rings. The first kappa shape index (κ1) is 21.0. The first-order valence-corrected chi connectivity index (χ1v) is 11.8. The number of anilines is 3. The molecule has 2 amide bonds. The molecule has 5 rings (SSSR count). The normalized spacial score (nSPS) is 23.3. The zero-order valence-electron chi connectivity index (χ0n) is 18.7. The van der Waals surface area contributed by atoms with Gasteiger partial charge in [-0.05, 0) is 80.8 Å². The van der Waals surface area contributed by atoms with E-state index in [1.807, 2.05) is 12.1 Å². The van der Waals surface area contributed by atoms with Crippen LogP contribution in [0, 0.1) is 11.8 Å². The van der Waals surface area contributed by atoms with Gasteiger partial charge in [0.2, 0.25) is 5.91 Å². The molecule has 2 atom stereocenters. The molecular weight excluding hydrogens is 400 g/mol. The van der Waals surface area contributed by atoms with Crippen molar-refractivity contribution in [2.75, 3.05) is 42.2 Å². The first-order valence-electron chi connectivity index (χ1n) is 11.8. The molecule has 3 aliphatic rings. The lowest BCUT2D eigenvalue weighted by Gasteiger charge is -2.26. The van der Waals surface area contributed by atoms with Crippen LogP contribution in [-0.2, 0) is 4.79 Å². The van der Waals surface area contributed by atoms with E-state index in [9.17, 15) is 9.59 Å². The van der Waals surface area contributed by atoms with Crippen molar-refractivity contribution in [3.05, 3.63) is 54.1 Å². The molecule has 0 spiro atoms. The Morgan fingerprint density at radius 2 is 1.50 bits per heavy atom. The van der Waals surface area contributed by atoms with Crippen molar-refractivity contribution in [3.63, 3.8) is 0 Å². The van der Waals surface area contributed by atoms with Gasteiger partial charge in [-0.2, -0.15) is 0 Å². The Morgan fingerprint density at radius 1 is 0.844 bits per heavy atom. The molecule has 0 radical (unpaired) electrons. The van der Waals surface area contributed by atoms with Crippen molar-refractivity contribution in [2.45, 2.75) is 38.1 Å². The highest BCUT2D eigenvalue weighted by Gasteiger charge is 2.39. The van der Waals surface area contributed by atoms with Gasteiger partial charge in [0.1, 0.15) is 0 Å². The van der Waals surface area contributed by atoms with Gasteiger partial charge in [0.05, 0.1) is 0 Å². The number of likely N-dealkylation sites (tertiary alicyclic amines) is 1. The number of fused-ring (bicyclic) bond motifs is 1. The molecule has 32 heavy (non-hydrogen) atoms. The summed E-state index contributed by atoms with van der Waals surface area (Å²) in [5, 5.41) is 5.95. The molecule has 2 aromatic rings. The van der Waals surface area contributed by atoms with Crippen LogP contribution in [0.3, 0.4) is 0 Å². The number of hydrogen-bond acceptors (Lipinski definition) is 4. The van der Waals surface area contributed by atoms with Gasteiger partial charge >= 0.3 is 0 Å². The number of amides is 2. The number of nitrogens with one attached hydrogen (secondary N) is 2. The minimum Gasteiger partial charge on any atom is -0.367 e.